The number of amides is 1. The smallest absolute Gasteiger partial charge is 0.293 e. The number of benzene rings is 2. The summed E-state index contributed by atoms with van der Waals surface area (Å²) in [4.78, 5) is 25.3. The normalized spacial score (nSPS) is 13.7. The minimum absolute atomic E-state index is 0.100. The van der Waals surface area contributed by atoms with Gasteiger partial charge < -0.3 is 15.0 Å². The van der Waals surface area contributed by atoms with Crippen LogP contribution >= 0.6 is 0 Å². The quantitative estimate of drug-likeness (QED) is 0.520. The van der Waals surface area contributed by atoms with Gasteiger partial charge in [-0.3, -0.25) is 14.9 Å². The highest BCUT2D eigenvalue weighted by molar-refractivity contribution is 6.05. The van der Waals surface area contributed by atoms with Gasteiger partial charge in [-0.1, -0.05) is 12.0 Å². The second-order valence-electron chi connectivity index (χ2n) is 5.74. The number of carbonyl (C=O) groups excluding carboxylic acids is 1. The third-order valence-electron chi connectivity index (χ3n) is 4.07. The molecule has 2 aromatic carbocycles. The summed E-state index contributed by atoms with van der Waals surface area (Å²) in [6.07, 6.45) is 5.35. The Labute approximate surface area is 150 Å². The average molecular weight is 351 g/mol. The Bertz CT molecular complexity index is 883. The molecule has 7 heteroatoms. The monoisotopic (exact) mass is 351 g/mol. The van der Waals surface area contributed by atoms with Crippen LogP contribution in [0.5, 0.6) is 0 Å². The fraction of sp³-hybridized carbons (Fsp3) is 0.211. The van der Waals surface area contributed by atoms with Crippen LogP contribution in [0.3, 0.4) is 0 Å². The first kappa shape index (κ1) is 17.5. The molecule has 0 radical (unpaired) electrons. The van der Waals surface area contributed by atoms with E-state index >= 15 is 0 Å². The van der Waals surface area contributed by atoms with Gasteiger partial charge in [-0.15, -0.1) is 6.42 Å². The molecule has 0 aliphatic carbocycles. The van der Waals surface area contributed by atoms with Gasteiger partial charge in [-0.2, -0.15) is 0 Å². The number of nitrogens with zero attached hydrogens (tertiary/aromatic N) is 2. The van der Waals surface area contributed by atoms with E-state index in [9.17, 15) is 14.9 Å². The number of nitrogens with one attached hydrogen (secondary N) is 1. The lowest BCUT2D eigenvalue weighted by atomic mass is 10.1. The summed E-state index contributed by atoms with van der Waals surface area (Å²) < 4.78 is 5.28. The van der Waals surface area contributed by atoms with Crippen LogP contribution in [-0.4, -0.2) is 37.1 Å². The van der Waals surface area contributed by atoms with Crippen molar-refractivity contribution in [2.24, 2.45) is 0 Å². The first-order chi connectivity index (χ1) is 12.6. The number of morpholine rings is 1. The molecule has 1 aliphatic heterocycles. The zero-order valence-electron chi connectivity index (χ0n) is 14.0. The van der Waals surface area contributed by atoms with Gasteiger partial charge in [0, 0.05) is 36.0 Å². The predicted molar refractivity (Wildman–Crippen MR) is 98.5 cm³/mol. The topological polar surface area (TPSA) is 84.7 Å². The van der Waals surface area contributed by atoms with E-state index in [1.165, 1.54) is 6.07 Å². The van der Waals surface area contributed by atoms with Crippen molar-refractivity contribution in [2.75, 3.05) is 36.5 Å². The molecule has 0 saturated carbocycles. The summed E-state index contributed by atoms with van der Waals surface area (Å²) in [6, 6.07) is 11.3. The molecule has 0 atom stereocenters. The van der Waals surface area contributed by atoms with Crippen LogP contribution in [0.2, 0.25) is 0 Å². The van der Waals surface area contributed by atoms with Gasteiger partial charge in [0.25, 0.3) is 11.6 Å². The molecule has 0 unspecified atom stereocenters. The maximum absolute atomic E-state index is 12.5. The lowest BCUT2D eigenvalue weighted by Gasteiger charge is -2.28. The first-order valence-corrected chi connectivity index (χ1v) is 8.07. The van der Waals surface area contributed by atoms with Crippen molar-refractivity contribution in [2.45, 2.75) is 0 Å². The van der Waals surface area contributed by atoms with Crippen molar-refractivity contribution in [1.82, 2.24) is 0 Å². The van der Waals surface area contributed by atoms with E-state index < -0.39 is 10.8 Å². The van der Waals surface area contributed by atoms with Crippen molar-refractivity contribution in [1.29, 1.82) is 0 Å². The molecule has 0 aromatic heterocycles. The van der Waals surface area contributed by atoms with Gasteiger partial charge >= 0.3 is 0 Å². The van der Waals surface area contributed by atoms with E-state index in [4.69, 9.17) is 11.2 Å². The largest absolute Gasteiger partial charge is 0.378 e. The minimum Gasteiger partial charge on any atom is -0.378 e. The van der Waals surface area contributed by atoms with Crippen LogP contribution in [0.15, 0.2) is 42.5 Å². The van der Waals surface area contributed by atoms with Crippen molar-refractivity contribution < 1.29 is 14.5 Å². The number of hydrogen-bond acceptors (Lipinski definition) is 5. The van der Waals surface area contributed by atoms with Crippen molar-refractivity contribution in [3.63, 3.8) is 0 Å². The Morgan fingerprint density at radius 1 is 1.23 bits per heavy atom. The van der Waals surface area contributed by atoms with Gasteiger partial charge in [0.05, 0.1) is 18.1 Å². The number of anilines is 2. The van der Waals surface area contributed by atoms with Crippen molar-refractivity contribution in [3.8, 4) is 12.3 Å². The fourth-order valence-corrected chi connectivity index (χ4v) is 2.77. The maximum atomic E-state index is 12.5. The van der Waals surface area contributed by atoms with Crippen LogP contribution in [0, 0.1) is 22.5 Å². The van der Waals surface area contributed by atoms with Gasteiger partial charge in [0.1, 0.15) is 5.69 Å². The summed E-state index contributed by atoms with van der Waals surface area (Å²) in [5.74, 6) is 2.06. The Kier molecular flexibility index (Phi) is 5.15. The molecule has 7 nitrogen and oxygen atoms in total. The SMILES string of the molecule is C#Cc1cccc(NC(=O)c2ccc(N3CCOCC3)c([N+](=O)[O-])c2)c1. The second-order valence-corrected chi connectivity index (χ2v) is 5.74. The molecule has 1 heterocycles. The standard InChI is InChI=1S/C19H17N3O4/c1-2-14-4-3-5-16(12-14)20-19(23)15-6-7-17(18(13-15)22(24)25)21-8-10-26-11-9-21/h1,3-7,12-13H,8-11H2,(H,20,23). The molecule has 2 aromatic rings. The number of hydrogen-bond donors (Lipinski definition) is 1. The minimum atomic E-state index is -0.472. The Morgan fingerprint density at radius 2 is 2.00 bits per heavy atom. The van der Waals surface area contributed by atoms with E-state index in [1.54, 1.807) is 36.4 Å². The molecule has 3 rings (SSSR count). The number of carbonyl (C=O) groups is 1. The van der Waals surface area contributed by atoms with E-state index in [2.05, 4.69) is 11.2 Å². The molecule has 1 aliphatic rings. The van der Waals surface area contributed by atoms with Crippen molar-refractivity contribution >= 4 is 23.0 Å². The highest BCUT2D eigenvalue weighted by atomic mass is 16.6. The third kappa shape index (κ3) is 3.82. The average Bonchev–Trinajstić information content (AvgIpc) is 2.68. The predicted octanol–water partition coefficient (Wildman–Crippen LogP) is 2.67. The van der Waals surface area contributed by atoms with E-state index in [-0.39, 0.29) is 11.3 Å². The van der Waals surface area contributed by atoms with Crippen LogP contribution in [0.4, 0.5) is 17.1 Å². The van der Waals surface area contributed by atoms with Gasteiger partial charge in [0.2, 0.25) is 0 Å². The number of rotatable bonds is 4. The van der Waals surface area contributed by atoms with Gasteiger partial charge in [-0.25, -0.2) is 0 Å². The van der Waals surface area contributed by atoms with E-state index in [1.807, 2.05) is 4.90 Å². The zero-order chi connectivity index (χ0) is 18.5. The Balaban J connectivity index is 1.85. The summed E-state index contributed by atoms with van der Waals surface area (Å²) in [5.41, 5.74) is 1.77. The highest BCUT2D eigenvalue weighted by Gasteiger charge is 2.23. The number of nitro benzene ring substituents is 1. The first-order valence-electron chi connectivity index (χ1n) is 8.07. The molecular formula is C19H17N3O4. The molecule has 1 amide bonds. The fourth-order valence-electron chi connectivity index (χ4n) is 2.77. The number of terminal acetylenes is 1. The molecule has 132 valence electrons. The molecular weight excluding hydrogens is 334 g/mol. The molecule has 0 spiro atoms. The summed E-state index contributed by atoms with van der Waals surface area (Å²) in [7, 11) is 0. The third-order valence-corrected chi connectivity index (χ3v) is 4.07. The van der Waals surface area contributed by atoms with Gasteiger partial charge in [0.15, 0.2) is 0 Å². The highest BCUT2D eigenvalue weighted by Crippen LogP contribution is 2.30. The Morgan fingerprint density at radius 3 is 2.69 bits per heavy atom. The van der Waals surface area contributed by atoms with Crippen LogP contribution < -0.4 is 10.2 Å². The Hall–Kier alpha value is -3.37. The molecule has 0 bridgehead atoms. The summed E-state index contributed by atoms with van der Waals surface area (Å²) in [5, 5.41) is 14.2. The molecule has 26 heavy (non-hydrogen) atoms. The van der Waals surface area contributed by atoms with E-state index in [0.717, 1.165) is 0 Å². The summed E-state index contributed by atoms with van der Waals surface area (Å²) >= 11 is 0. The second kappa shape index (κ2) is 7.68. The van der Waals surface area contributed by atoms with Crippen LogP contribution in [0.25, 0.3) is 0 Å². The van der Waals surface area contributed by atoms with Gasteiger partial charge in [-0.05, 0) is 30.3 Å². The lowest BCUT2D eigenvalue weighted by molar-refractivity contribution is -0.384. The summed E-state index contributed by atoms with van der Waals surface area (Å²) in [6.45, 7) is 2.19. The lowest BCUT2D eigenvalue weighted by Crippen LogP contribution is -2.36. The molecule has 1 fully saturated rings. The van der Waals surface area contributed by atoms with Crippen LogP contribution in [-0.2, 0) is 4.74 Å². The van der Waals surface area contributed by atoms with Crippen LogP contribution in [0.1, 0.15) is 15.9 Å². The zero-order valence-corrected chi connectivity index (χ0v) is 14.0. The number of nitro groups is 1. The van der Waals surface area contributed by atoms with E-state index in [0.29, 0.717) is 43.2 Å². The van der Waals surface area contributed by atoms with Crippen molar-refractivity contribution in [3.05, 3.63) is 63.7 Å². The molecule has 1 N–H and O–H groups in total. The maximum Gasteiger partial charge on any atom is 0.293 e. The number of ether oxygens (including phenoxy) is 1. The molecule has 1 saturated heterocycles.